The fourth-order valence-corrected chi connectivity index (χ4v) is 1.80. The van der Waals surface area contributed by atoms with Gasteiger partial charge in [-0.15, -0.1) is 0 Å². The standard InChI is InChI=1S/C8H6BrN3O2/c1-3-11-5-4(8(13)14)2-10-6(5)7(9)12-3/h2,10H,1H3,(H,13,14). The molecule has 0 saturated heterocycles. The van der Waals surface area contributed by atoms with Crippen molar-refractivity contribution in [2.24, 2.45) is 0 Å². The second kappa shape index (κ2) is 3.06. The lowest BCUT2D eigenvalue weighted by Crippen LogP contribution is -1.97. The predicted molar refractivity (Wildman–Crippen MR) is 53.3 cm³/mol. The van der Waals surface area contributed by atoms with Crippen molar-refractivity contribution in [1.82, 2.24) is 15.0 Å². The number of carboxylic acid groups (broad SMARTS) is 1. The minimum absolute atomic E-state index is 0.159. The molecule has 0 bridgehead atoms. The number of aryl methyl sites for hydroxylation is 1. The lowest BCUT2D eigenvalue weighted by molar-refractivity contribution is 0.0699. The SMILES string of the molecule is Cc1nc(Br)c2[nH]cc(C(=O)O)c2n1. The molecule has 0 fully saturated rings. The number of H-pyrrole nitrogens is 1. The highest BCUT2D eigenvalue weighted by Gasteiger charge is 2.14. The Morgan fingerprint density at radius 1 is 1.57 bits per heavy atom. The fraction of sp³-hybridized carbons (Fsp3) is 0.125. The molecule has 0 amide bonds. The van der Waals surface area contributed by atoms with Crippen LogP contribution in [0.2, 0.25) is 0 Å². The van der Waals surface area contributed by atoms with Crippen molar-refractivity contribution in [2.75, 3.05) is 0 Å². The van der Waals surface area contributed by atoms with Gasteiger partial charge in [-0.1, -0.05) is 0 Å². The summed E-state index contributed by atoms with van der Waals surface area (Å²) in [5.41, 5.74) is 1.19. The number of hydrogen-bond donors (Lipinski definition) is 2. The number of carboxylic acids is 1. The summed E-state index contributed by atoms with van der Waals surface area (Å²) in [5.74, 6) is -0.465. The summed E-state index contributed by atoms with van der Waals surface area (Å²) in [4.78, 5) is 21.7. The van der Waals surface area contributed by atoms with E-state index in [1.54, 1.807) is 6.92 Å². The van der Waals surface area contributed by atoms with Crippen LogP contribution in [0.5, 0.6) is 0 Å². The number of fused-ring (bicyclic) bond motifs is 1. The van der Waals surface area contributed by atoms with E-state index in [9.17, 15) is 4.79 Å². The number of nitrogens with one attached hydrogen (secondary N) is 1. The number of carbonyl (C=O) groups is 1. The average Bonchev–Trinajstić information content (AvgIpc) is 2.47. The van der Waals surface area contributed by atoms with Gasteiger partial charge in [0, 0.05) is 6.20 Å². The van der Waals surface area contributed by atoms with Gasteiger partial charge in [0.25, 0.3) is 0 Å². The zero-order valence-electron chi connectivity index (χ0n) is 7.21. The third-order valence-corrected chi connectivity index (χ3v) is 2.40. The molecule has 5 nitrogen and oxygen atoms in total. The number of halogens is 1. The zero-order valence-corrected chi connectivity index (χ0v) is 8.79. The van der Waals surface area contributed by atoms with Crippen molar-refractivity contribution >= 4 is 32.9 Å². The molecule has 2 aromatic heterocycles. The van der Waals surface area contributed by atoms with E-state index in [4.69, 9.17) is 5.11 Å². The van der Waals surface area contributed by atoms with Crippen LogP contribution in [0.1, 0.15) is 16.2 Å². The van der Waals surface area contributed by atoms with Crippen LogP contribution >= 0.6 is 15.9 Å². The van der Waals surface area contributed by atoms with Gasteiger partial charge < -0.3 is 10.1 Å². The Morgan fingerprint density at radius 2 is 2.29 bits per heavy atom. The van der Waals surface area contributed by atoms with E-state index >= 15 is 0 Å². The smallest absolute Gasteiger partial charge is 0.339 e. The summed E-state index contributed by atoms with van der Waals surface area (Å²) >= 11 is 3.23. The molecule has 2 N–H and O–H groups in total. The molecule has 0 saturated carbocycles. The highest BCUT2D eigenvalue weighted by molar-refractivity contribution is 9.10. The van der Waals surface area contributed by atoms with Crippen LogP contribution in [0.25, 0.3) is 11.0 Å². The van der Waals surface area contributed by atoms with Gasteiger partial charge in [0.05, 0.1) is 5.52 Å². The van der Waals surface area contributed by atoms with Crippen molar-refractivity contribution in [2.45, 2.75) is 6.92 Å². The van der Waals surface area contributed by atoms with E-state index in [0.29, 0.717) is 21.5 Å². The molecule has 0 aliphatic heterocycles. The molecule has 2 rings (SSSR count). The van der Waals surface area contributed by atoms with Crippen LogP contribution in [0, 0.1) is 6.92 Å². The molecule has 0 atom stereocenters. The normalized spacial score (nSPS) is 10.7. The van der Waals surface area contributed by atoms with Crippen LogP contribution in [0.4, 0.5) is 0 Å². The second-order valence-electron chi connectivity index (χ2n) is 2.79. The first-order valence-electron chi connectivity index (χ1n) is 3.84. The second-order valence-corrected chi connectivity index (χ2v) is 3.54. The third-order valence-electron chi connectivity index (χ3n) is 1.82. The van der Waals surface area contributed by atoms with E-state index < -0.39 is 5.97 Å². The van der Waals surface area contributed by atoms with Gasteiger partial charge >= 0.3 is 5.97 Å². The monoisotopic (exact) mass is 255 g/mol. The summed E-state index contributed by atoms with van der Waals surface area (Å²) in [6, 6.07) is 0. The van der Waals surface area contributed by atoms with E-state index in [2.05, 4.69) is 30.9 Å². The van der Waals surface area contributed by atoms with Gasteiger partial charge in [-0.2, -0.15) is 0 Å². The van der Waals surface area contributed by atoms with Crippen LogP contribution < -0.4 is 0 Å². The lowest BCUT2D eigenvalue weighted by Gasteiger charge is -1.96. The number of nitrogens with zero attached hydrogens (tertiary/aromatic N) is 2. The molecule has 0 aliphatic carbocycles. The molecule has 0 radical (unpaired) electrons. The van der Waals surface area contributed by atoms with Crippen LogP contribution in [-0.2, 0) is 0 Å². The van der Waals surface area contributed by atoms with Gasteiger partial charge in [-0.3, -0.25) is 0 Å². The van der Waals surface area contributed by atoms with Crippen molar-refractivity contribution in [3.05, 3.63) is 22.2 Å². The van der Waals surface area contributed by atoms with Gasteiger partial charge in [-0.25, -0.2) is 14.8 Å². The topological polar surface area (TPSA) is 78.9 Å². The minimum Gasteiger partial charge on any atom is -0.478 e. The van der Waals surface area contributed by atoms with E-state index in [-0.39, 0.29) is 5.56 Å². The van der Waals surface area contributed by atoms with Crippen molar-refractivity contribution in [1.29, 1.82) is 0 Å². The highest BCUT2D eigenvalue weighted by Crippen LogP contribution is 2.22. The first-order chi connectivity index (χ1) is 6.59. The summed E-state index contributed by atoms with van der Waals surface area (Å²) in [5, 5.41) is 8.86. The zero-order chi connectivity index (χ0) is 10.3. The number of hydrogen-bond acceptors (Lipinski definition) is 3. The Hall–Kier alpha value is -1.43. The summed E-state index contributed by atoms with van der Waals surface area (Å²) in [7, 11) is 0. The van der Waals surface area contributed by atoms with Crippen LogP contribution in [0.15, 0.2) is 10.8 Å². The fourth-order valence-electron chi connectivity index (χ4n) is 1.24. The molecule has 0 aromatic carbocycles. The number of rotatable bonds is 1. The van der Waals surface area contributed by atoms with E-state index in [1.165, 1.54) is 6.20 Å². The first kappa shape index (κ1) is 9.14. The maximum absolute atomic E-state index is 10.8. The van der Waals surface area contributed by atoms with Crippen molar-refractivity contribution in [3.8, 4) is 0 Å². The summed E-state index contributed by atoms with van der Waals surface area (Å²) in [6.07, 6.45) is 1.41. The third kappa shape index (κ3) is 1.27. The maximum Gasteiger partial charge on any atom is 0.339 e. The van der Waals surface area contributed by atoms with Crippen molar-refractivity contribution in [3.63, 3.8) is 0 Å². The Morgan fingerprint density at radius 3 is 2.93 bits per heavy atom. The van der Waals surface area contributed by atoms with Gasteiger partial charge in [-0.05, 0) is 22.9 Å². The largest absolute Gasteiger partial charge is 0.478 e. The molecule has 0 spiro atoms. The molecule has 72 valence electrons. The Bertz CT molecular complexity index is 521. The Kier molecular flexibility index (Phi) is 1.99. The molecular formula is C8H6BrN3O2. The molecule has 0 unspecified atom stereocenters. The van der Waals surface area contributed by atoms with E-state index in [0.717, 1.165) is 0 Å². The van der Waals surface area contributed by atoms with Crippen molar-refractivity contribution < 1.29 is 9.90 Å². The molecule has 6 heteroatoms. The predicted octanol–water partition coefficient (Wildman–Crippen LogP) is 1.73. The Balaban J connectivity index is 2.85. The van der Waals surface area contributed by atoms with Gasteiger partial charge in [0.1, 0.15) is 21.5 Å². The van der Waals surface area contributed by atoms with Crippen LogP contribution in [0.3, 0.4) is 0 Å². The van der Waals surface area contributed by atoms with Gasteiger partial charge in [0.2, 0.25) is 0 Å². The molecule has 14 heavy (non-hydrogen) atoms. The quantitative estimate of drug-likeness (QED) is 0.761. The summed E-state index contributed by atoms with van der Waals surface area (Å²) < 4.78 is 0.576. The number of aromatic amines is 1. The molecule has 2 heterocycles. The maximum atomic E-state index is 10.8. The molecular weight excluding hydrogens is 250 g/mol. The number of aromatic nitrogens is 3. The van der Waals surface area contributed by atoms with Gasteiger partial charge in [0.15, 0.2) is 0 Å². The first-order valence-corrected chi connectivity index (χ1v) is 4.63. The average molecular weight is 256 g/mol. The lowest BCUT2D eigenvalue weighted by atomic mass is 10.3. The molecule has 2 aromatic rings. The molecule has 0 aliphatic rings. The summed E-state index contributed by atoms with van der Waals surface area (Å²) in [6.45, 7) is 1.71. The van der Waals surface area contributed by atoms with Crippen LogP contribution in [-0.4, -0.2) is 26.0 Å². The Labute approximate surface area is 87.3 Å². The number of aromatic carboxylic acids is 1. The highest BCUT2D eigenvalue weighted by atomic mass is 79.9. The van der Waals surface area contributed by atoms with E-state index in [1.807, 2.05) is 0 Å². The minimum atomic E-state index is -0.999.